The Bertz CT molecular complexity index is 1170. The van der Waals surface area contributed by atoms with Gasteiger partial charge in [0.2, 0.25) is 0 Å². The topological polar surface area (TPSA) is 67.9 Å². The van der Waals surface area contributed by atoms with Gasteiger partial charge in [-0.2, -0.15) is 0 Å². The van der Waals surface area contributed by atoms with Crippen molar-refractivity contribution in [2.24, 2.45) is 0 Å². The van der Waals surface area contributed by atoms with E-state index in [0.29, 0.717) is 22.7 Å². The van der Waals surface area contributed by atoms with Gasteiger partial charge in [-0.15, -0.1) is 0 Å². The fourth-order valence-electron chi connectivity index (χ4n) is 3.40. The smallest absolute Gasteiger partial charge is 0.282 e. The Morgan fingerprint density at radius 3 is 2.13 bits per heavy atom. The number of amides is 2. The molecule has 0 saturated carbocycles. The molecular formula is C24H19FN2O4. The first-order chi connectivity index (χ1) is 15.0. The Hall–Kier alpha value is -4.13. The maximum atomic E-state index is 13.4. The van der Waals surface area contributed by atoms with Crippen LogP contribution in [0.2, 0.25) is 0 Å². The van der Waals surface area contributed by atoms with Crippen LogP contribution in [0.4, 0.5) is 15.8 Å². The van der Waals surface area contributed by atoms with Gasteiger partial charge in [0.1, 0.15) is 11.5 Å². The number of nitrogens with one attached hydrogen (secondary N) is 1. The van der Waals surface area contributed by atoms with Crippen molar-refractivity contribution in [2.45, 2.75) is 0 Å². The van der Waals surface area contributed by atoms with E-state index in [0.717, 1.165) is 4.90 Å². The summed E-state index contributed by atoms with van der Waals surface area (Å²) < 4.78 is 24.0. The van der Waals surface area contributed by atoms with Gasteiger partial charge in [-0.3, -0.25) is 9.59 Å². The molecule has 0 saturated heterocycles. The third-order valence-electron chi connectivity index (χ3n) is 4.88. The molecule has 0 unspecified atom stereocenters. The van der Waals surface area contributed by atoms with E-state index in [1.54, 1.807) is 30.3 Å². The Labute approximate surface area is 178 Å². The molecule has 0 aromatic heterocycles. The highest BCUT2D eigenvalue weighted by molar-refractivity contribution is 6.46. The molecule has 1 N–H and O–H groups in total. The van der Waals surface area contributed by atoms with Crippen LogP contribution in [-0.4, -0.2) is 26.0 Å². The van der Waals surface area contributed by atoms with E-state index >= 15 is 0 Å². The van der Waals surface area contributed by atoms with Gasteiger partial charge in [0.15, 0.2) is 11.5 Å². The number of methoxy groups -OCH3 is 2. The first kappa shape index (κ1) is 20.2. The standard InChI is InChI=1S/C24H19FN2O4/c1-30-19-13-8-15(14-20(19)31-2)21-22(26-17-6-4-3-5-7-17)24(29)27(23(21)28)18-11-9-16(25)10-12-18/h3-14,26H,1-2H3. The van der Waals surface area contributed by atoms with Gasteiger partial charge in [-0.05, 0) is 54.1 Å². The van der Waals surface area contributed by atoms with Crippen molar-refractivity contribution in [3.8, 4) is 11.5 Å². The molecule has 156 valence electrons. The summed E-state index contributed by atoms with van der Waals surface area (Å²) in [7, 11) is 3.01. The molecule has 0 bridgehead atoms. The lowest BCUT2D eigenvalue weighted by Crippen LogP contribution is -2.32. The number of hydrogen-bond acceptors (Lipinski definition) is 5. The summed E-state index contributed by atoms with van der Waals surface area (Å²) in [5, 5.41) is 3.07. The van der Waals surface area contributed by atoms with Crippen LogP contribution in [0.25, 0.3) is 5.57 Å². The molecular weight excluding hydrogens is 399 g/mol. The summed E-state index contributed by atoms with van der Waals surface area (Å²) >= 11 is 0. The summed E-state index contributed by atoms with van der Waals surface area (Å²) in [6, 6.07) is 19.2. The van der Waals surface area contributed by atoms with Crippen LogP contribution < -0.4 is 19.7 Å². The van der Waals surface area contributed by atoms with Gasteiger partial charge in [0, 0.05) is 5.69 Å². The third-order valence-corrected chi connectivity index (χ3v) is 4.88. The Kier molecular flexibility index (Phi) is 5.41. The minimum absolute atomic E-state index is 0.118. The number of ether oxygens (including phenoxy) is 2. The van der Waals surface area contributed by atoms with Crippen LogP contribution >= 0.6 is 0 Å². The van der Waals surface area contributed by atoms with E-state index in [1.165, 1.54) is 38.5 Å². The highest BCUT2D eigenvalue weighted by atomic mass is 19.1. The zero-order valence-electron chi connectivity index (χ0n) is 16.9. The van der Waals surface area contributed by atoms with E-state index in [9.17, 15) is 14.0 Å². The summed E-state index contributed by atoms with van der Waals surface area (Å²) in [4.78, 5) is 27.7. The highest BCUT2D eigenvalue weighted by Gasteiger charge is 2.40. The summed E-state index contributed by atoms with van der Waals surface area (Å²) in [6.45, 7) is 0. The third kappa shape index (κ3) is 3.73. The Balaban J connectivity index is 1.84. The fraction of sp³-hybridized carbons (Fsp3) is 0.0833. The number of anilines is 2. The van der Waals surface area contributed by atoms with Crippen molar-refractivity contribution in [3.63, 3.8) is 0 Å². The molecule has 2 amide bonds. The normalized spacial score (nSPS) is 13.6. The van der Waals surface area contributed by atoms with Crippen LogP contribution in [0.15, 0.2) is 78.5 Å². The number of rotatable bonds is 6. The summed E-state index contributed by atoms with van der Waals surface area (Å²) in [5.41, 5.74) is 1.71. The van der Waals surface area contributed by atoms with Crippen LogP contribution in [0.3, 0.4) is 0 Å². The molecule has 31 heavy (non-hydrogen) atoms. The van der Waals surface area contributed by atoms with Crippen molar-refractivity contribution in [1.29, 1.82) is 0 Å². The fourth-order valence-corrected chi connectivity index (χ4v) is 3.40. The maximum Gasteiger partial charge on any atom is 0.282 e. The van der Waals surface area contributed by atoms with E-state index in [1.807, 2.05) is 18.2 Å². The highest BCUT2D eigenvalue weighted by Crippen LogP contribution is 2.37. The number of para-hydroxylation sites is 1. The number of halogens is 1. The molecule has 0 fully saturated rings. The molecule has 6 nitrogen and oxygen atoms in total. The van der Waals surface area contributed by atoms with Gasteiger partial charge in [-0.1, -0.05) is 24.3 Å². The van der Waals surface area contributed by atoms with Gasteiger partial charge < -0.3 is 14.8 Å². The van der Waals surface area contributed by atoms with Crippen LogP contribution in [0, 0.1) is 5.82 Å². The average molecular weight is 418 g/mol. The molecule has 0 radical (unpaired) electrons. The van der Waals surface area contributed by atoms with Crippen LogP contribution in [0.1, 0.15) is 5.56 Å². The predicted molar refractivity (Wildman–Crippen MR) is 115 cm³/mol. The van der Waals surface area contributed by atoms with E-state index in [2.05, 4.69) is 5.32 Å². The molecule has 1 heterocycles. The Morgan fingerprint density at radius 2 is 1.48 bits per heavy atom. The molecule has 4 rings (SSSR count). The zero-order valence-corrected chi connectivity index (χ0v) is 16.9. The number of benzene rings is 3. The molecule has 1 aliphatic heterocycles. The lowest BCUT2D eigenvalue weighted by atomic mass is 10.0. The average Bonchev–Trinajstić information content (AvgIpc) is 3.04. The molecule has 0 spiro atoms. The minimum atomic E-state index is -0.537. The second-order valence-corrected chi connectivity index (χ2v) is 6.73. The van der Waals surface area contributed by atoms with E-state index in [-0.39, 0.29) is 17.0 Å². The molecule has 7 heteroatoms. The van der Waals surface area contributed by atoms with Gasteiger partial charge in [-0.25, -0.2) is 9.29 Å². The second kappa shape index (κ2) is 8.31. The first-order valence-corrected chi connectivity index (χ1v) is 9.46. The van der Waals surface area contributed by atoms with Gasteiger partial charge in [0.25, 0.3) is 11.8 Å². The summed E-state index contributed by atoms with van der Waals surface area (Å²) in [6.07, 6.45) is 0. The van der Waals surface area contributed by atoms with E-state index in [4.69, 9.17) is 9.47 Å². The number of carbonyl (C=O) groups is 2. The number of hydrogen-bond donors (Lipinski definition) is 1. The molecule has 0 atom stereocenters. The van der Waals surface area contributed by atoms with Crippen molar-refractivity contribution in [3.05, 3.63) is 89.9 Å². The molecule has 3 aromatic rings. The lowest BCUT2D eigenvalue weighted by molar-refractivity contribution is -0.120. The number of nitrogens with zero attached hydrogens (tertiary/aromatic N) is 1. The minimum Gasteiger partial charge on any atom is -0.493 e. The van der Waals surface area contributed by atoms with E-state index < -0.39 is 17.6 Å². The first-order valence-electron chi connectivity index (χ1n) is 9.46. The Morgan fingerprint density at radius 1 is 0.806 bits per heavy atom. The number of imide groups is 1. The van der Waals surface area contributed by atoms with Gasteiger partial charge >= 0.3 is 0 Å². The van der Waals surface area contributed by atoms with Crippen LogP contribution in [-0.2, 0) is 9.59 Å². The van der Waals surface area contributed by atoms with Crippen molar-refractivity contribution in [1.82, 2.24) is 0 Å². The lowest BCUT2D eigenvalue weighted by Gasteiger charge is -2.15. The predicted octanol–water partition coefficient (Wildman–Crippen LogP) is 4.24. The summed E-state index contributed by atoms with van der Waals surface area (Å²) in [5.74, 6) is -0.602. The SMILES string of the molecule is COc1ccc(C2=C(Nc3ccccc3)C(=O)N(c3ccc(F)cc3)C2=O)cc1OC. The molecule has 0 aliphatic carbocycles. The van der Waals surface area contributed by atoms with Gasteiger partial charge in [0.05, 0.1) is 25.5 Å². The quantitative estimate of drug-likeness (QED) is 0.607. The van der Waals surface area contributed by atoms with Crippen LogP contribution in [0.5, 0.6) is 11.5 Å². The maximum absolute atomic E-state index is 13.4. The largest absolute Gasteiger partial charge is 0.493 e. The monoisotopic (exact) mass is 418 g/mol. The molecule has 1 aliphatic rings. The second-order valence-electron chi connectivity index (χ2n) is 6.73. The molecule has 3 aromatic carbocycles. The van der Waals surface area contributed by atoms with Crippen molar-refractivity contribution >= 4 is 28.8 Å². The number of carbonyl (C=O) groups excluding carboxylic acids is 2. The van der Waals surface area contributed by atoms with Crippen molar-refractivity contribution < 1.29 is 23.5 Å². The zero-order chi connectivity index (χ0) is 22.0. The van der Waals surface area contributed by atoms with Crippen molar-refractivity contribution in [2.75, 3.05) is 24.4 Å².